The van der Waals surface area contributed by atoms with Crippen LogP contribution in [0.15, 0.2) is 0 Å². The molecule has 1 fully saturated rings. The molecule has 0 aromatic rings. The maximum absolute atomic E-state index is 11.6. The quantitative estimate of drug-likeness (QED) is 0.513. The molecule has 1 rings (SSSR count). The predicted molar refractivity (Wildman–Crippen MR) is 56.3 cm³/mol. The fourth-order valence-corrected chi connectivity index (χ4v) is 1.97. The number of hydrogen-bond donors (Lipinski definition) is 0. The molecule has 4 heteroatoms. The van der Waals surface area contributed by atoms with Crippen molar-refractivity contribution in [2.45, 2.75) is 45.1 Å². The molecule has 0 heterocycles. The normalized spacial score (nSPS) is 17.2. The van der Waals surface area contributed by atoms with Gasteiger partial charge >= 0.3 is 11.9 Å². The van der Waals surface area contributed by atoms with E-state index in [0.717, 1.165) is 25.7 Å². The number of likely N-dealkylation sites (N-methyl/N-ethyl adjacent to an activating group) is 1. The Kier molecular flexibility index (Phi) is 4.59. The van der Waals surface area contributed by atoms with E-state index in [1.165, 1.54) is 11.3 Å². The molecule has 0 aliphatic heterocycles. The van der Waals surface area contributed by atoms with E-state index in [1.54, 1.807) is 14.0 Å². The highest BCUT2D eigenvalue weighted by Crippen LogP contribution is 2.21. The summed E-state index contributed by atoms with van der Waals surface area (Å²) in [4.78, 5) is 24.3. The SMILES string of the molecule is CCOC(=O)C(=O)N(C)C1CCCCC1. The minimum Gasteiger partial charge on any atom is -0.459 e. The van der Waals surface area contributed by atoms with Crippen LogP contribution in [0.4, 0.5) is 0 Å². The van der Waals surface area contributed by atoms with E-state index in [-0.39, 0.29) is 12.6 Å². The Bertz CT molecular complexity index is 234. The summed E-state index contributed by atoms with van der Waals surface area (Å²) in [6.45, 7) is 1.95. The molecule has 0 saturated heterocycles. The highest BCUT2D eigenvalue weighted by Gasteiger charge is 2.27. The summed E-state index contributed by atoms with van der Waals surface area (Å²) < 4.78 is 4.69. The summed E-state index contributed by atoms with van der Waals surface area (Å²) in [6, 6.07) is 0.218. The lowest BCUT2D eigenvalue weighted by Gasteiger charge is -2.30. The van der Waals surface area contributed by atoms with Crippen molar-refractivity contribution < 1.29 is 14.3 Å². The number of rotatable bonds is 2. The van der Waals surface area contributed by atoms with Crippen LogP contribution in [0.25, 0.3) is 0 Å². The van der Waals surface area contributed by atoms with Gasteiger partial charge in [0.05, 0.1) is 6.61 Å². The average molecular weight is 213 g/mol. The molecule has 1 aliphatic rings. The first-order valence-corrected chi connectivity index (χ1v) is 5.60. The van der Waals surface area contributed by atoms with Gasteiger partial charge < -0.3 is 9.64 Å². The second kappa shape index (κ2) is 5.73. The third-order valence-corrected chi connectivity index (χ3v) is 2.89. The molecular formula is C11H19NO3. The minimum absolute atomic E-state index is 0.218. The van der Waals surface area contributed by atoms with Gasteiger partial charge in [-0.05, 0) is 19.8 Å². The average Bonchev–Trinajstić information content (AvgIpc) is 2.28. The molecule has 0 aromatic carbocycles. The van der Waals surface area contributed by atoms with Crippen molar-refractivity contribution in [1.29, 1.82) is 0 Å². The summed E-state index contributed by atoms with van der Waals surface area (Å²) in [5.41, 5.74) is 0. The van der Waals surface area contributed by atoms with Crippen molar-refractivity contribution in [3.05, 3.63) is 0 Å². The highest BCUT2D eigenvalue weighted by atomic mass is 16.5. The molecule has 86 valence electrons. The Morgan fingerprint density at radius 1 is 1.27 bits per heavy atom. The van der Waals surface area contributed by atoms with E-state index < -0.39 is 11.9 Å². The summed E-state index contributed by atoms with van der Waals surface area (Å²) in [5.74, 6) is -1.24. The zero-order chi connectivity index (χ0) is 11.3. The molecule has 0 atom stereocenters. The zero-order valence-electron chi connectivity index (χ0n) is 9.49. The lowest BCUT2D eigenvalue weighted by molar-refractivity contribution is -0.160. The predicted octanol–water partition coefficient (Wildman–Crippen LogP) is 1.34. The molecule has 4 nitrogen and oxygen atoms in total. The third kappa shape index (κ3) is 3.22. The Morgan fingerprint density at radius 3 is 2.40 bits per heavy atom. The number of ether oxygens (including phenoxy) is 1. The molecular weight excluding hydrogens is 194 g/mol. The maximum atomic E-state index is 11.6. The van der Waals surface area contributed by atoms with Gasteiger partial charge in [-0.1, -0.05) is 19.3 Å². The Balaban J connectivity index is 2.47. The molecule has 0 radical (unpaired) electrons. The second-order valence-electron chi connectivity index (χ2n) is 3.93. The number of carbonyl (C=O) groups excluding carboxylic acids is 2. The molecule has 1 saturated carbocycles. The molecule has 0 aromatic heterocycles. The summed E-state index contributed by atoms with van der Waals surface area (Å²) in [6.07, 6.45) is 5.53. The molecule has 0 bridgehead atoms. The van der Waals surface area contributed by atoms with E-state index in [1.807, 2.05) is 0 Å². The molecule has 1 amide bonds. The van der Waals surface area contributed by atoms with Gasteiger partial charge in [0.25, 0.3) is 0 Å². The van der Waals surface area contributed by atoms with E-state index in [2.05, 4.69) is 4.74 Å². The number of hydrogen-bond acceptors (Lipinski definition) is 3. The molecule has 0 spiro atoms. The Labute approximate surface area is 90.6 Å². The third-order valence-electron chi connectivity index (χ3n) is 2.89. The molecule has 0 N–H and O–H groups in total. The van der Waals surface area contributed by atoms with Crippen LogP contribution in [-0.4, -0.2) is 36.5 Å². The van der Waals surface area contributed by atoms with Crippen LogP contribution in [0.5, 0.6) is 0 Å². The number of carbonyl (C=O) groups is 2. The van der Waals surface area contributed by atoms with Gasteiger partial charge in [-0.25, -0.2) is 4.79 Å². The standard InChI is InChI=1S/C11H19NO3/c1-3-15-11(14)10(13)12(2)9-7-5-4-6-8-9/h9H,3-8H2,1-2H3. The first-order valence-electron chi connectivity index (χ1n) is 5.60. The van der Waals surface area contributed by atoms with Crippen molar-refractivity contribution >= 4 is 11.9 Å². The van der Waals surface area contributed by atoms with Crippen LogP contribution in [0.3, 0.4) is 0 Å². The van der Waals surface area contributed by atoms with E-state index in [4.69, 9.17) is 0 Å². The first kappa shape index (κ1) is 12.0. The fourth-order valence-electron chi connectivity index (χ4n) is 1.97. The van der Waals surface area contributed by atoms with Crippen LogP contribution in [0, 0.1) is 0 Å². The van der Waals surface area contributed by atoms with Crippen LogP contribution in [0.1, 0.15) is 39.0 Å². The van der Waals surface area contributed by atoms with E-state index >= 15 is 0 Å². The maximum Gasteiger partial charge on any atom is 0.397 e. The van der Waals surface area contributed by atoms with Crippen molar-refractivity contribution in [3.8, 4) is 0 Å². The Hall–Kier alpha value is -1.06. The second-order valence-corrected chi connectivity index (χ2v) is 3.93. The van der Waals surface area contributed by atoms with Gasteiger partial charge in [0.2, 0.25) is 0 Å². The van der Waals surface area contributed by atoms with Crippen molar-refractivity contribution in [2.75, 3.05) is 13.7 Å². The molecule has 0 unspecified atom stereocenters. The van der Waals surface area contributed by atoms with Crippen molar-refractivity contribution in [3.63, 3.8) is 0 Å². The number of amides is 1. The first-order chi connectivity index (χ1) is 7.16. The smallest absolute Gasteiger partial charge is 0.397 e. The van der Waals surface area contributed by atoms with Gasteiger partial charge in [0, 0.05) is 13.1 Å². The van der Waals surface area contributed by atoms with Crippen LogP contribution < -0.4 is 0 Å². The lowest BCUT2D eigenvalue weighted by Crippen LogP contribution is -2.42. The summed E-state index contributed by atoms with van der Waals surface area (Å²) in [7, 11) is 1.69. The fraction of sp³-hybridized carbons (Fsp3) is 0.818. The largest absolute Gasteiger partial charge is 0.459 e. The molecule has 15 heavy (non-hydrogen) atoms. The summed E-state index contributed by atoms with van der Waals surface area (Å²) >= 11 is 0. The van der Waals surface area contributed by atoms with Crippen LogP contribution in [-0.2, 0) is 14.3 Å². The van der Waals surface area contributed by atoms with Gasteiger partial charge in [-0.15, -0.1) is 0 Å². The monoisotopic (exact) mass is 213 g/mol. The molecule has 1 aliphatic carbocycles. The zero-order valence-corrected chi connectivity index (χ0v) is 9.49. The summed E-state index contributed by atoms with van der Waals surface area (Å²) in [5, 5.41) is 0. The van der Waals surface area contributed by atoms with Crippen molar-refractivity contribution in [2.24, 2.45) is 0 Å². The van der Waals surface area contributed by atoms with Gasteiger partial charge in [0.15, 0.2) is 0 Å². The van der Waals surface area contributed by atoms with E-state index in [9.17, 15) is 9.59 Å². The lowest BCUT2D eigenvalue weighted by atomic mass is 9.94. The topological polar surface area (TPSA) is 46.6 Å². The van der Waals surface area contributed by atoms with Gasteiger partial charge in [0.1, 0.15) is 0 Å². The number of esters is 1. The minimum atomic E-state index is -0.731. The highest BCUT2D eigenvalue weighted by molar-refractivity contribution is 6.32. The van der Waals surface area contributed by atoms with E-state index in [0.29, 0.717) is 0 Å². The number of nitrogens with zero attached hydrogens (tertiary/aromatic N) is 1. The van der Waals surface area contributed by atoms with Crippen LogP contribution >= 0.6 is 0 Å². The van der Waals surface area contributed by atoms with Crippen molar-refractivity contribution in [1.82, 2.24) is 4.90 Å². The Morgan fingerprint density at radius 2 is 1.87 bits per heavy atom. The van der Waals surface area contributed by atoms with Crippen LogP contribution in [0.2, 0.25) is 0 Å². The van der Waals surface area contributed by atoms with Gasteiger partial charge in [-0.2, -0.15) is 0 Å². The van der Waals surface area contributed by atoms with Gasteiger partial charge in [-0.3, -0.25) is 4.79 Å².